The van der Waals surface area contributed by atoms with Crippen LogP contribution >= 0.6 is 11.3 Å². The van der Waals surface area contributed by atoms with E-state index in [2.05, 4.69) is 15.0 Å². The van der Waals surface area contributed by atoms with Gasteiger partial charge in [-0.05, 0) is 38.6 Å². The Morgan fingerprint density at radius 2 is 2.10 bits per heavy atom. The standard InChI is InChI=1S/C14H19N3O2S2/c1-4-15-9-12-8-14(11(3)20-12)21(18,19)17-13-6-5-7-16-10(13)2/h5-8,15,17H,4,9H2,1-3H3. The Morgan fingerprint density at radius 3 is 2.76 bits per heavy atom. The van der Waals surface area contributed by atoms with E-state index in [9.17, 15) is 8.42 Å². The van der Waals surface area contributed by atoms with Crippen LogP contribution in [-0.4, -0.2) is 19.9 Å². The molecule has 0 aliphatic rings. The molecule has 0 radical (unpaired) electrons. The fourth-order valence-corrected chi connectivity index (χ4v) is 4.64. The molecule has 0 aliphatic heterocycles. The molecule has 2 N–H and O–H groups in total. The average Bonchev–Trinajstić information content (AvgIpc) is 2.81. The molecule has 2 rings (SSSR count). The molecule has 114 valence electrons. The Morgan fingerprint density at radius 1 is 1.33 bits per heavy atom. The highest BCUT2D eigenvalue weighted by Gasteiger charge is 2.20. The van der Waals surface area contributed by atoms with Crippen molar-refractivity contribution in [1.29, 1.82) is 0 Å². The highest BCUT2D eigenvalue weighted by Crippen LogP contribution is 2.27. The van der Waals surface area contributed by atoms with E-state index in [1.54, 1.807) is 31.3 Å². The lowest BCUT2D eigenvalue weighted by Crippen LogP contribution is -2.14. The topological polar surface area (TPSA) is 71.1 Å². The predicted molar refractivity (Wildman–Crippen MR) is 86.2 cm³/mol. The zero-order chi connectivity index (χ0) is 15.5. The smallest absolute Gasteiger partial charge is 0.263 e. The van der Waals surface area contributed by atoms with Crippen molar-refractivity contribution < 1.29 is 8.42 Å². The van der Waals surface area contributed by atoms with Crippen molar-refractivity contribution in [3.63, 3.8) is 0 Å². The number of nitrogens with zero attached hydrogens (tertiary/aromatic N) is 1. The second-order valence-electron chi connectivity index (χ2n) is 4.66. The quantitative estimate of drug-likeness (QED) is 0.856. The fraction of sp³-hybridized carbons (Fsp3) is 0.357. The SMILES string of the molecule is CCNCc1cc(S(=O)(=O)Nc2cccnc2C)c(C)s1. The Kier molecular flexibility index (Phi) is 4.97. The summed E-state index contributed by atoms with van der Waals surface area (Å²) in [5, 5.41) is 3.20. The molecule has 0 aromatic carbocycles. The van der Waals surface area contributed by atoms with Gasteiger partial charge in [-0.1, -0.05) is 6.92 Å². The number of aryl methyl sites for hydroxylation is 2. The van der Waals surface area contributed by atoms with Gasteiger partial charge in [-0.25, -0.2) is 8.42 Å². The number of nitrogens with one attached hydrogen (secondary N) is 2. The molecule has 21 heavy (non-hydrogen) atoms. The van der Waals surface area contributed by atoms with Crippen LogP contribution in [-0.2, 0) is 16.6 Å². The van der Waals surface area contributed by atoms with Crippen molar-refractivity contribution >= 4 is 27.0 Å². The molecule has 0 saturated heterocycles. The molecular weight excluding hydrogens is 306 g/mol. The van der Waals surface area contributed by atoms with Gasteiger partial charge in [-0.3, -0.25) is 9.71 Å². The van der Waals surface area contributed by atoms with Crippen molar-refractivity contribution in [2.24, 2.45) is 0 Å². The summed E-state index contributed by atoms with van der Waals surface area (Å²) < 4.78 is 27.6. The van der Waals surface area contributed by atoms with Crippen molar-refractivity contribution in [3.8, 4) is 0 Å². The van der Waals surface area contributed by atoms with Gasteiger partial charge < -0.3 is 5.32 Å². The lowest BCUT2D eigenvalue weighted by atomic mass is 10.3. The van der Waals surface area contributed by atoms with Crippen molar-refractivity contribution in [3.05, 3.63) is 39.8 Å². The number of thiophene rings is 1. The number of hydrogen-bond acceptors (Lipinski definition) is 5. The third-order valence-electron chi connectivity index (χ3n) is 3.01. The van der Waals surface area contributed by atoms with Gasteiger partial charge in [0, 0.05) is 22.5 Å². The Labute approximate surface area is 129 Å². The molecule has 0 atom stereocenters. The highest BCUT2D eigenvalue weighted by atomic mass is 32.2. The minimum absolute atomic E-state index is 0.337. The lowest BCUT2D eigenvalue weighted by Gasteiger charge is -2.09. The average molecular weight is 325 g/mol. The van der Waals surface area contributed by atoms with Gasteiger partial charge in [0.25, 0.3) is 10.0 Å². The second-order valence-corrected chi connectivity index (χ2v) is 7.65. The zero-order valence-electron chi connectivity index (χ0n) is 12.3. The number of pyridine rings is 1. The van der Waals surface area contributed by atoms with Crippen LogP contribution in [0.4, 0.5) is 5.69 Å². The summed E-state index contributed by atoms with van der Waals surface area (Å²) in [6.07, 6.45) is 1.64. The first-order chi connectivity index (χ1) is 9.94. The highest BCUT2D eigenvalue weighted by molar-refractivity contribution is 7.93. The first-order valence-corrected chi connectivity index (χ1v) is 8.98. The second kappa shape index (κ2) is 6.55. The van der Waals surface area contributed by atoms with Gasteiger partial charge in [0.1, 0.15) is 4.90 Å². The summed E-state index contributed by atoms with van der Waals surface area (Å²) in [6.45, 7) is 7.15. The van der Waals surface area contributed by atoms with Crippen LogP contribution in [0.15, 0.2) is 29.3 Å². The Hall–Kier alpha value is -1.44. The largest absolute Gasteiger partial charge is 0.312 e. The third kappa shape index (κ3) is 3.81. The van der Waals surface area contributed by atoms with Gasteiger partial charge in [0.05, 0.1) is 11.4 Å². The number of aromatic nitrogens is 1. The third-order valence-corrected chi connectivity index (χ3v) is 5.68. The van der Waals surface area contributed by atoms with Crippen LogP contribution in [0.2, 0.25) is 0 Å². The molecule has 0 bridgehead atoms. The van der Waals surface area contributed by atoms with Crippen LogP contribution in [0, 0.1) is 13.8 Å². The molecule has 2 heterocycles. The molecule has 0 saturated carbocycles. The number of hydrogen-bond donors (Lipinski definition) is 2. The van der Waals surface area contributed by atoms with Gasteiger partial charge in [0.2, 0.25) is 0 Å². The monoisotopic (exact) mass is 325 g/mol. The predicted octanol–water partition coefficient (Wildman–Crippen LogP) is 2.67. The maximum Gasteiger partial charge on any atom is 0.263 e. The molecule has 0 fully saturated rings. The van der Waals surface area contributed by atoms with Crippen molar-refractivity contribution in [2.45, 2.75) is 32.2 Å². The maximum absolute atomic E-state index is 12.5. The minimum atomic E-state index is -3.58. The summed E-state index contributed by atoms with van der Waals surface area (Å²) in [4.78, 5) is 6.23. The van der Waals surface area contributed by atoms with Crippen LogP contribution in [0.1, 0.15) is 22.4 Å². The lowest BCUT2D eigenvalue weighted by molar-refractivity contribution is 0.601. The van der Waals surface area contributed by atoms with Crippen LogP contribution < -0.4 is 10.0 Å². The first kappa shape index (κ1) is 15.9. The van der Waals surface area contributed by atoms with Crippen molar-refractivity contribution in [2.75, 3.05) is 11.3 Å². The summed E-state index contributed by atoms with van der Waals surface area (Å²) in [6, 6.07) is 5.15. The number of sulfonamides is 1. The van der Waals surface area contributed by atoms with E-state index < -0.39 is 10.0 Å². The van der Waals surface area contributed by atoms with Crippen LogP contribution in [0.5, 0.6) is 0 Å². The summed E-state index contributed by atoms with van der Waals surface area (Å²) in [7, 11) is -3.58. The molecule has 2 aromatic heterocycles. The summed E-state index contributed by atoms with van der Waals surface area (Å²) in [5.41, 5.74) is 1.16. The van der Waals surface area contributed by atoms with Crippen LogP contribution in [0.25, 0.3) is 0 Å². The molecule has 2 aromatic rings. The molecule has 5 nitrogen and oxygen atoms in total. The molecule has 7 heteroatoms. The van der Waals surface area contributed by atoms with E-state index in [1.165, 1.54) is 11.3 Å². The molecular formula is C14H19N3O2S2. The van der Waals surface area contributed by atoms with E-state index >= 15 is 0 Å². The van der Waals surface area contributed by atoms with Gasteiger partial charge in [-0.15, -0.1) is 11.3 Å². The first-order valence-electron chi connectivity index (χ1n) is 6.68. The van der Waals surface area contributed by atoms with Gasteiger partial charge in [-0.2, -0.15) is 0 Å². The van der Waals surface area contributed by atoms with E-state index in [1.807, 2.05) is 13.8 Å². The van der Waals surface area contributed by atoms with Gasteiger partial charge >= 0.3 is 0 Å². The van der Waals surface area contributed by atoms with E-state index in [0.717, 1.165) is 16.3 Å². The van der Waals surface area contributed by atoms with E-state index in [4.69, 9.17) is 0 Å². The number of rotatable bonds is 6. The molecule has 0 amide bonds. The molecule has 0 spiro atoms. The normalized spacial score (nSPS) is 11.6. The van der Waals surface area contributed by atoms with Gasteiger partial charge in [0.15, 0.2) is 0 Å². The Bertz CT molecular complexity index is 724. The van der Waals surface area contributed by atoms with E-state index in [0.29, 0.717) is 22.8 Å². The Balaban J connectivity index is 2.27. The minimum Gasteiger partial charge on any atom is -0.312 e. The van der Waals surface area contributed by atoms with Crippen LogP contribution in [0.3, 0.4) is 0 Å². The molecule has 0 unspecified atom stereocenters. The number of anilines is 1. The zero-order valence-corrected chi connectivity index (χ0v) is 13.9. The fourth-order valence-electron chi connectivity index (χ4n) is 1.92. The summed E-state index contributed by atoms with van der Waals surface area (Å²) in [5.74, 6) is 0. The van der Waals surface area contributed by atoms with Crippen molar-refractivity contribution in [1.82, 2.24) is 10.3 Å². The van der Waals surface area contributed by atoms with E-state index in [-0.39, 0.29) is 0 Å². The molecule has 0 aliphatic carbocycles. The summed E-state index contributed by atoms with van der Waals surface area (Å²) >= 11 is 1.50. The maximum atomic E-state index is 12.5.